The van der Waals surface area contributed by atoms with Crippen molar-refractivity contribution in [3.05, 3.63) is 29.8 Å². The fourth-order valence-corrected chi connectivity index (χ4v) is 1.52. The molecule has 2 rings (SSSR count). The lowest BCUT2D eigenvalue weighted by atomic mass is 10.2. The summed E-state index contributed by atoms with van der Waals surface area (Å²) in [5.74, 6) is -1.85. The van der Waals surface area contributed by atoms with E-state index < -0.39 is 24.0 Å². The molecule has 0 fully saturated rings. The van der Waals surface area contributed by atoms with Gasteiger partial charge in [0.15, 0.2) is 0 Å². The second-order valence-corrected chi connectivity index (χ2v) is 4.01. The molecule has 0 bridgehead atoms. The fourth-order valence-electron chi connectivity index (χ4n) is 1.52. The largest absolute Gasteiger partial charge is 0.479 e. The van der Waals surface area contributed by atoms with Crippen molar-refractivity contribution in [3.8, 4) is 5.88 Å². The first-order valence-corrected chi connectivity index (χ1v) is 5.58. The van der Waals surface area contributed by atoms with Crippen LogP contribution < -0.4 is 4.74 Å². The molecule has 0 aliphatic rings. The summed E-state index contributed by atoms with van der Waals surface area (Å²) in [4.78, 5) is 11.7. The van der Waals surface area contributed by atoms with Gasteiger partial charge in [-0.3, -0.25) is 4.68 Å². The highest BCUT2D eigenvalue weighted by Crippen LogP contribution is 2.36. The molecule has 0 aliphatic heterocycles. The van der Waals surface area contributed by atoms with E-state index in [2.05, 4.69) is 24.3 Å². The molecule has 0 saturated heterocycles. The number of alkyl halides is 3. The molecule has 0 aliphatic carbocycles. The van der Waals surface area contributed by atoms with Crippen molar-refractivity contribution in [1.29, 1.82) is 0 Å². The normalized spacial score (nSPS) is 13.0. The maximum Gasteiger partial charge on any atom is 0.429 e. The summed E-state index contributed by atoms with van der Waals surface area (Å²) in [7, 11) is 2.71. The smallest absolute Gasteiger partial charge is 0.429 e. The highest BCUT2D eigenvalue weighted by molar-refractivity contribution is 5.86. The summed E-state index contributed by atoms with van der Waals surface area (Å²) in [6.07, 6.45) is -5.17. The maximum atomic E-state index is 13.0. The Morgan fingerprint density at radius 3 is 2.67 bits per heavy atom. The quantitative estimate of drug-likeness (QED) is 0.802. The van der Waals surface area contributed by atoms with Gasteiger partial charge in [0.2, 0.25) is 11.9 Å². The van der Waals surface area contributed by atoms with Crippen LogP contribution in [-0.2, 0) is 11.8 Å². The van der Waals surface area contributed by atoms with Crippen LogP contribution in [0.4, 0.5) is 13.2 Å². The van der Waals surface area contributed by atoms with Gasteiger partial charge in [-0.05, 0) is 5.16 Å². The van der Waals surface area contributed by atoms with Crippen molar-refractivity contribution >= 4 is 5.97 Å². The highest BCUT2D eigenvalue weighted by Gasteiger charge is 2.45. The first-order valence-electron chi connectivity index (χ1n) is 5.58. The van der Waals surface area contributed by atoms with E-state index in [0.29, 0.717) is 0 Å². The van der Waals surface area contributed by atoms with Crippen LogP contribution in [0.15, 0.2) is 23.0 Å². The summed E-state index contributed by atoms with van der Waals surface area (Å²) in [5, 5.41) is 6.92. The lowest BCUT2D eigenvalue weighted by molar-refractivity contribution is -0.207. The summed E-state index contributed by atoms with van der Waals surface area (Å²) in [5.41, 5.74) is -0.301. The number of methoxy groups -OCH3 is 1. The zero-order valence-corrected chi connectivity index (χ0v) is 10.9. The fraction of sp³-hybridized carbons (Fsp3) is 0.364. The Balaban J connectivity index is 2.21. The monoisotopic (exact) mass is 305 g/mol. The van der Waals surface area contributed by atoms with E-state index >= 15 is 0 Å². The zero-order valence-electron chi connectivity index (χ0n) is 10.9. The molecular formula is C11H10F3N3O4. The number of aryl methyl sites for hydroxylation is 1. The van der Waals surface area contributed by atoms with E-state index in [4.69, 9.17) is 0 Å². The van der Waals surface area contributed by atoms with Gasteiger partial charge in [-0.25, -0.2) is 4.79 Å². The third-order valence-corrected chi connectivity index (χ3v) is 2.45. The Morgan fingerprint density at radius 2 is 2.19 bits per heavy atom. The molecule has 0 spiro atoms. The molecule has 10 heteroatoms. The topological polar surface area (TPSA) is 79.4 Å². The number of esters is 1. The molecule has 0 aromatic carbocycles. The van der Waals surface area contributed by atoms with Crippen molar-refractivity contribution < 1.29 is 32.0 Å². The second kappa shape index (κ2) is 5.46. The van der Waals surface area contributed by atoms with Gasteiger partial charge in [0, 0.05) is 18.8 Å². The first kappa shape index (κ1) is 14.9. The number of rotatable bonds is 4. The zero-order chi connectivity index (χ0) is 15.6. The standard InChI is InChI=1S/C11H10F3N3O4/c1-17-5-6(4-15-17)9(11(12,13)14)20-10(18)7-3-8(19-2)16-21-7/h3-5,9H,1-2H3. The summed E-state index contributed by atoms with van der Waals surface area (Å²) in [6, 6.07) is 1.03. The number of halogens is 3. The van der Waals surface area contributed by atoms with E-state index in [9.17, 15) is 18.0 Å². The third-order valence-electron chi connectivity index (χ3n) is 2.45. The maximum absolute atomic E-state index is 13.0. The molecule has 2 aromatic rings. The molecule has 2 heterocycles. The molecule has 7 nitrogen and oxygen atoms in total. The van der Waals surface area contributed by atoms with Crippen LogP contribution in [0, 0.1) is 0 Å². The van der Waals surface area contributed by atoms with Gasteiger partial charge < -0.3 is 14.0 Å². The molecule has 21 heavy (non-hydrogen) atoms. The Hall–Kier alpha value is -2.52. The van der Waals surface area contributed by atoms with Gasteiger partial charge in [0.25, 0.3) is 5.88 Å². The Bertz CT molecular complexity index is 635. The van der Waals surface area contributed by atoms with Crippen molar-refractivity contribution in [3.63, 3.8) is 0 Å². The number of carbonyl (C=O) groups excluding carboxylic acids is 1. The average Bonchev–Trinajstić information content (AvgIpc) is 3.02. The van der Waals surface area contributed by atoms with E-state index in [1.54, 1.807) is 0 Å². The number of nitrogens with zero attached hydrogens (tertiary/aromatic N) is 3. The Kier molecular flexibility index (Phi) is 3.87. The summed E-state index contributed by atoms with van der Waals surface area (Å²) >= 11 is 0. The minimum atomic E-state index is -4.79. The molecule has 0 radical (unpaired) electrons. The Morgan fingerprint density at radius 1 is 1.48 bits per heavy atom. The summed E-state index contributed by atoms with van der Waals surface area (Å²) in [6.45, 7) is 0. The van der Waals surface area contributed by atoms with Crippen LogP contribution in [0.2, 0.25) is 0 Å². The first-order chi connectivity index (χ1) is 9.81. The van der Waals surface area contributed by atoms with Crippen molar-refractivity contribution in [2.75, 3.05) is 7.11 Å². The molecule has 2 aromatic heterocycles. The number of aromatic nitrogens is 3. The van der Waals surface area contributed by atoms with Crippen molar-refractivity contribution in [1.82, 2.24) is 14.9 Å². The second-order valence-electron chi connectivity index (χ2n) is 4.01. The minimum absolute atomic E-state index is 0.0492. The average molecular weight is 305 g/mol. The van der Waals surface area contributed by atoms with Crippen LogP contribution in [-0.4, -0.2) is 34.2 Å². The number of carbonyl (C=O) groups is 1. The predicted octanol–water partition coefficient (Wildman–Crippen LogP) is 1.88. The van der Waals surface area contributed by atoms with E-state index in [-0.39, 0.29) is 11.4 Å². The van der Waals surface area contributed by atoms with Crippen molar-refractivity contribution in [2.45, 2.75) is 12.3 Å². The highest BCUT2D eigenvalue weighted by atomic mass is 19.4. The van der Waals surface area contributed by atoms with Gasteiger partial charge in [0.05, 0.1) is 19.4 Å². The molecular weight excluding hydrogens is 295 g/mol. The van der Waals surface area contributed by atoms with Crippen LogP contribution >= 0.6 is 0 Å². The van der Waals surface area contributed by atoms with Crippen LogP contribution in [0.5, 0.6) is 5.88 Å². The van der Waals surface area contributed by atoms with E-state index in [1.807, 2.05) is 0 Å². The van der Waals surface area contributed by atoms with Crippen LogP contribution in [0.1, 0.15) is 22.2 Å². The van der Waals surface area contributed by atoms with Gasteiger partial charge in [0.1, 0.15) is 0 Å². The molecule has 0 amide bonds. The van der Waals surface area contributed by atoms with E-state index in [1.165, 1.54) is 18.8 Å². The molecule has 0 N–H and O–H groups in total. The molecule has 0 saturated carbocycles. The molecule has 1 unspecified atom stereocenters. The lowest BCUT2D eigenvalue weighted by Gasteiger charge is -2.18. The van der Waals surface area contributed by atoms with Crippen LogP contribution in [0.3, 0.4) is 0 Å². The van der Waals surface area contributed by atoms with E-state index in [0.717, 1.165) is 18.5 Å². The predicted molar refractivity (Wildman–Crippen MR) is 60.5 cm³/mol. The van der Waals surface area contributed by atoms with Crippen molar-refractivity contribution in [2.24, 2.45) is 7.05 Å². The number of hydrogen-bond donors (Lipinski definition) is 0. The number of hydrogen-bond acceptors (Lipinski definition) is 6. The molecule has 1 atom stereocenters. The lowest BCUT2D eigenvalue weighted by Crippen LogP contribution is -2.26. The van der Waals surface area contributed by atoms with Gasteiger partial charge >= 0.3 is 12.1 Å². The van der Waals surface area contributed by atoms with Gasteiger partial charge in [-0.15, -0.1) is 0 Å². The third kappa shape index (κ3) is 3.33. The molecule has 114 valence electrons. The van der Waals surface area contributed by atoms with Gasteiger partial charge in [-0.2, -0.15) is 18.3 Å². The SMILES string of the molecule is COc1cc(C(=O)OC(c2cnn(C)c2)C(F)(F)F)on1. The Labute approximate surface area is 116 Å². The minimum Gasteiger partial charge on any atom is -0.479 e. The number of ether oxygens (including phenoxy) is 2. The van der Waals surface area contributed by atoms with Gasteiger partial charge in [-0.1, -0.05) is 0 Å². The van der Waals surface area contributed by atoms with Crippen LogP contribution in [0.25, 0.3) is 0 Å². The summed E-state index contributed by atoms with van der Waals surface area (Å²) < 4.78 is 53.7.